The Hall–Kier alpha value is -5.08. The number of hydrogen-bond donors (Lipinski definition) is 1. The Morgan fingerprint density at radius 1 is 0.786 bits per heavy atom. The normalized spacial score (nSPS) is 13.4. The molecule has 1 saturated heterocycles. The van der Waals surface area contributed by atoms with Gasteiger partial charge in [0.2, 0.25) is 0 Å². The SMILES string of the molecule is CC(C)c1ccccc1NC(=O)COc1ccc(C=C2C(=O)N(c3ccccc3)C(=S)N(c3ccccc3)C2=O)cc1. The minimum Gasteiger partial charge on any atom is -0.484 e. The molecule has 4 aromatic rings. The summed E-state index contributed by atoms with van der Waals surface area (Å²) < 4.78 is 5.69. The number of anilines is 3. The van der Waals surface area contributed by atoms with E-state index < -0.39 is 11.8 Å². The molecule has 3 amide bonds. The lowest BCUT2D eigenvalue weighted by atomic mass is 10.0. The third-order valence-electron chi connectivity index (χ3n) is 6.70. The Labute approximate surface area is 250 Å². The van der Waals surface area contributed by atoms with Crippen LogP contribution in [0.4, 0.5) is 17.1 Å². The van der Waals surface area contributed by atoms with Gasteiger partial charge < -0.3 is 10.1 Å². The first-order valence-electron chi connectivity index (χ1n) is 13.5. The molecule has 0 aromatic heterocycles. The highest BCUT2D eigenvalue weighted by molar-refractivity contribution is 7.81. The number of amides is 3. The van der Waals surface area contributed by atoms with Gasteiger partial charge in [-0.1, -0.05) is 80.6 Å². The Balaban J connectivity index is 1.35. The molecule has 5 rings (SSSR count). The molecule has 0 spiro atoms. The molecule has 7 nitrogen and oxygen atoms in total. The zero-order chi connectivity index (χ0) is 29.6. The first-order chi connectivity index (χ1) is 20.3. The van der Waals surface area contributed by atoms with Crippen molar-refractivity contribution in [2.45, 2.75) is 19.8 Å². The van der Waals surface area contributed by atoms with Crippen molar-refractivity contribution in [3.63, 3.8) is 0 Å². The molecule has 0 unspecified atom stereocenters. The molecule has 1 aliphatic rings. The Morgan fingerprint density at radius 2 is 1.31 bits per heavy atom. The van der Waals surface area contributed by atoms with Crippen LogP contribution in [0.25, 0.3) is 6.08 Å². The molecule has 1 heterocycles. The van der Waals surface area contributed by atoms with Crippen LogP contribution in [0.3, 0.4) is 0 Å². The predicted molar refractivity (Wildman–Crippen MR) is 170 cm³/mol. The van der Waals surface area contributed by atoms with E-state index in [1.165, 1.54) is 15.9 Å². The van der Waals surface area contributed by atoms with Gasteiger partial charge in [-0.2, -0.15) is 0 Å². The van der Waals surface area contributed by atoms with Gasteiger partial charge in [0.05, 0.1) is 11.4 Å². The molecule has 0 radical (unpaired) electrons. The van der Waals surface area contributed by atoms with Gasteiger partial charge in [-0.15, -0.1) is 0 Å². The minimum absolute atomic E-state index is 0.0341. The number of rotatable bonds is 8. The van der Waals surface area contributed by atoms with Crippen molar-refractivity contribution in [2.24, 2.45) is 0 Å². The predicted octanol–water partition coefficient (Wildman–Crippen LogP) is 6.58. The summed E-state index contributed by atoms with van der Waals surface area (Å²) in [6, 6.07) is 32.5. The number of thiocarbonyl (C=S) groups is 1. The molecular weight excluding hydrogens is 546 g/mol. The molecule has 4 aromatic carbocycles. The molecule has 0 bridgehead atoms. The van der Waals surface area contributed by atoms with Crippen LogP contribution in [0.1, 0.15) is 30.9 Å². The number of benzene rings is 4. The third-order valence-corrected chi connectivity index (χ3v) is 7.06. The van der Waals surface area contributed by atoms with Gasteiger partial charge in [-0.25, -0.2) is 0 Å². The highest BCUT2D eigenvalue weighted by atomic mass is 32.1. The molecule has 1 aliphatic heterocycles. The Morgan fingerprint density at radius 3 is 1.86 bits per heavy atom. The van der Waals surface area contributed by atoms with Crippen LogP contribution < -0.4 is 19.9 Å². The van der Waals surface area contributed by atoms with Crippen LogP contribution in [0.15, 0.2) is 115 Å². The zero-order valence-corrected chi connectivity index (χ0v) is 24.0. The van der Waals surface area contributed by atoms with Gasteiger partial charge in [0.1, 0.15) is 11.3 Å². The van der Waals surface area contributed by atoms with E-state index in [0.29, 0.717) is 22.7 Å². The highest BCUT2D eigenvalue weighted by Gasteiger charge is 2.41. The van der Waals surface area contributed by atoms with E-state index >= 15 is 0 Å². The van der Waals surface area contributed by atoms with Crippen LogP contribution in [0.5, 0.6) is 5.75 Å². The maximum absolute atomic E-state index is 13.6. The second-order valence-electron chi connectivity index (χ2n) is 9.94. The molecule has 0 aliphatic carbocycles. The van der Waals surface area contributed by atoms with Crippen LogP contribution in [-0.4, -0.2) is 29.4 Å². The van der Waals surface area contributed by atoms with Gasteiger partial charge >= 0.3 is 0 Å². The van der Waals surface area contributed by atoms with Crippen molar-refractivity contribution in [1.29, 1.82) is 0 Å². The maximum Gasteiger partial charge on any atom is 0.270 e. The van der Waals surface area contributed by atoms with E-state index in [4.69, 9.17) is 17.0 Å². The number of ether oxygens (including phenoxy) is 1. The smallest absolute Gasteiger partial charge is 0.270 e. The van der Waals surface area contributed by atoms with Gasteiger partial charge in [0.25, 0.3) is 17.7 Å². The van der Waals surface area contributed by atoms with Crippen LogP contribution >= 0.6 is 12.2 Å². The van der Waals surface area contributed by atoms with Crippen molar-refractivity contribution < 1.29 is 19.1 Å². The van der Waals surface area contributed by atoms with Gasteiger partial charge in [0.15, 0.2) is 11.7 Å². The standard InChI is InChI=1S/C34H29N3O4S/c1-23(2)28-15-9-10-16-30(28)35-31(38)22-41-27-19-17-24(18-20-27)21-29-32(39)36(25-11-5-3-6-12-25)34(42)37(33(29)40)26-13-7-4-8-14-26/h3-21,23H,22H2,1-2H3,(H,35,38). The lowest BCUT2D eigenvalue weighted by Crippen LogP contribution is -2.56. The van der Waals surface area contributed by atoms with Gasteiger partial charge in [-0.05, 0) is 77.8 Å². The average Bonchev–Trinajstić information content (AvgIpc) is 3.00. The summed E-state index contributed by atoms with van der Waals surface area (Å²) in [6.45, 7) is 3.97. The first kappa shape index (κ1) is 28.4. The van der Waals surface area contributed by atoms with Crippen molar-refractivity contribution in [2.75, 3.05) is 21.7 Å². The fraction of sp³-hybridized carbons (Fsp3) is 0.118. The summed E-state index contributed by atoms with van der Waals surface area (Å²) >= 11 is 5.65. The van der Waals surface area contributed by atoms with Gasteiger partial charge in [-0.3, -0.25) is 24.2 Å². The second-order valence-corrected chi connectivity index (χ2v) is 10.3. The Kier molecular flexibility index (Phi) is 8.55. The largest absolute Gasteiger partial charge is 0.484 e. The van der Waals surface area contributed by atoms with Crippen molar-refractivity contribution >= 4 is 58.2 Å². The van der Waals surface area contributed by atoms with Crippen LogP contribution in [0, 0.1) is 0 Å². The van der Waals surface area contributed by atoms with Crippen molar-refractivity contribution in [1.82, 2.24) is 0 Å². The van der Waals surface area contributed by atoms with Crippen molar-refractivity contribution in [3.8, 4) is 5.75 Å². The van der Waals surface area contributed by atoms with E-state index in [2.05, 4.69) is 19.2 Å². The summed E-state index contributed by atoms with van der Waals surface area (Å²) in [4.78, 5) is 42.6. The number of nitrogens with one attached hydrogen (secondary N) is 1. The third kappa shape index (κ3) is 6.14. The summed E-state index contributed by atoms with van der Waals surface area (Å²) in [5.74, 6) is -0.555. The quantitative estimate of drug-likeness (QED) is 0.146. The average molecular weight is 576 g/mol. The van der Waals surface area contributed by atoms with E-state index in [1.54, 1.807) is 72.8 Å². The summed E-state index contributed by atoms with van der Waals surface area (Å²) in [5, 5.41) is 2.99. The fourth-order valence-corrected chi connectivity index (χ4v) is 4.99. The van der Waals surface area contributed by atoms with Crippen LogP contribution in [0.2, 0.25) is 0 Å². The second kappa shape index (κ2) is 12.6. The lowest BCUT2D eigenvalue weighted by molar-refractivity contribution is -0.121. The van der Waals surface area contributed by atoms with E-state index in [9.17, 15) is 14.4 Å². The minimum atomic E-state index is -0.512. The van der Waals surface area contributed by atoms with Crippen molar-refractivity contribution in [3.05, 3.63) is 126 Å². The molecular formula is C34H29N3O4S. The number of carbonyl (C=O) groups is 3. The Bertz CT molecular complexity index is 1590. The summed E-state index contributed by atoms with van der Waals surface area (Å²) in [5.41, 5.74) is 3.51. The monoisotopic (exact) mass is 575 g/mol. The lowest BCUT2D eigenvalue weighted by Gasteiger charge is -2.36. The molecule has 1 fully saturated rings. The first-order valence-corrected chi connectivity index (χ1v) is 13.9. The van der Waals surface area contributed by atoms with E-state index in [-0.39, 0.29) is 29.1 Å². The number of hydrogen-bond acceptors (Lipinski definition) is 5. The topological polar surface area (TPSA) is 79.0 Å². The number of nitrogens with zero attached hydrogens (tertiary/aromatic N) is 2. The summed E-state index contributed by atoms with van der Waals surface area (Å²) in [6.07, 6.45) is 1.54. The molecule has 42 heavy (non-hydrogen) atoms. The zero-order valence-electron chi connectivity index (χ0n) is 23.2. The number of carbonyl (C=O) groups excluding carboxylic acids is 3. The molecule has 210 valence electrons. The number of para-hydroxylation sites is 3. The molecule has 1 N–H and O–H groups in total. The van der Waals surface area contributed by atoms with Crippen LogP contribution in [-0.2, 0) is 14.4 Å². The molecule has 0 atom stereocenters. The fourth-order valence-electron chi connectivity index (χ4n) is 4.62. The van der Waals surface area contributed by atoms with Gasteiger partial charge in [0, 0.05) is 5.69 Å². The molecule has 0 saturated carbocycles. The van der Waals surface area contributed by atoms with E-state index in [1.807, 2.05) is 36.4 Å². The molecule has 8 heteroatoms. The summed E-state index contributed by atoms with van der Waals surface area (Å²) in [7, 11) is 0. The highest BCUT2D eigenvalue weighted by Crippen LogP contribution is 2.30. The van der Waals surface area contributed by atoms with E-state index in [0.717, 1.165) is 11.3 Å². The maximum atomic E-state index is 13.6.